The highest BCUT2D eigenvalue weighted by Gasteiger charge is 1.92. The van der Waals surface area contributed by atoms with Gasteiger partial charge in [0.05, 0.1) is 6.20 Å². The SMILES string of the molecule is Brc1ccc(OCC#Cc2ccccc2)cn1. The van der Waals surface area contributed by atoms with Crippen LogP contribution < -0.4 is 4.74 Å². The second kappa shape index (κ2) is 6.07. The number of ether oxygens (including phenoxy) is 1. The molecular weight excluding hydrogens is 278 g/mol. The molecule has 17 heavy (non-hydrogen) atoms. The van der Waals surface area contributed by atoms with Gasteiger partial charge in [0.1, 0.15) is 17.0 Å². The molecule has 1 aromatic heterocycles. The standard InChI is InChI=1S/C14H10BrNO/c15-14-9-8-13(11-16-14)17-10-4-7-12-5-2-1-3-6-12/h1-3,5-6,8-9,11H,10H2. The zero-order chi connectivity index (χ0) is 11.9. The highest BCUT2D eigenvalue weighted by molar-refractivity contribution is 9.10. The zero-order valence-corrected chi connectivity index (χ0v) is 10.6. The van der Waals surface area contributed by atoms with Gasteiger partial charge >= 0.3 is 0 Å². The number of hydrogen-bond acceptors (Lipinski definition) is 2. The third kappa shape index (κ3) is 3.93. The smallest absolute Gasteiger partial charge is 0.149 e. The Labute approximate surface area is 109 Å². The molecule has 84 valence electrons. The molecule has 0 saturated carbocycles. The van der Waals surface area contributed by atoms with Crippen LogP contribution in [0.25, 0.3) is 0 Å². The molecule has 2 rings (SSSR count). The Kier molecular flexibility index (Phi) is 4.17. The number of benzene rings is 1. The second-order valence-electron chi connectivity index (χ2n) is 3.27. The number of hydrogen-bond donors (Lipinski definition) is 0. The van der Waals surface area contributed by atoms with Gasteiger partial charge in [-0.1, -0.05) is 30.0 Å². The van der Waals surface area contributed by atoms with Crippen LogP contribution in [0.1, 0.15) is 5.56 Å². The Morgan fingerprint density at radius 1 is 1.12 bits per heavy atom. The molecule has 0 spiro atoms. The normalized spacial score (nSPS) is 9.24. The first-order chi connectivity index (χ1) is 8.34. The van der Waals surface area contributed by atoms with E-state index in [1.165, 1.54) is 0 Å². The first-order valence-corrected chi connectivity index (χ1v) is 5.92. The van der Waals surface area contributed by atoms with E-state index in [4.69, 9.17) is 4.74 Å². The molecule has 2 aromatic rings. The minimum absolute atomic E-state index is 0.359. The van der Waals surface area contributed by atoms with Gasteiger partial charge in [0.2, 0.25) is 0 Å². The molecule has 2 nitrogen and oxygen atoms in total. The average Bonchev–Trinajstić information content (AvgIpc) is 2.38. The molecule has 0 aliphatic rings. The molecule has 1 aromatic carbocycles. The van der Waals surface area contributed by atoms with Crippen molar-refractivity contribution < 1.29 is 4.74 Å². The van der Waals surface area contributed by atoms with E-state index in [1.807, 2.05) is 42.5 Å². The third-order valence-corrected chi connectivity index (χ3v) is 2.49. The van der Waals surface area contributed by atoms with E-state index in [0.717, 1.165) is 15.9 Å². The lowest BCUT2D eigenvalue weighted by atomic mass is 10.2. The summed E-state index contributed by atoms with van der Waals surface area (Å²) in [6.07, 6.45) is 1.66. The Hall–Kier alpha value is -1.79. The highest BCUT2D eigenvalue weighted by Crippen LogP contribution is 2.12. The van der Waals surface area contributed by atoms with Crippen molar-refractivity contribution in [1.29, 1.82) is 0 Å². The van der Waals surface area contributed by atoms with Gasteiger partial charge in [0, 0.05) is 5.56 Å². The van der Waals surface area contributed by atoms with Crippen molar-refractivity contribution >= 4 is 15.9 Å². The van der Waals surface area contributed by atoms with Gasteiger partial charge in [-0.25, -0.2) is 4.98 Å². The molecule has 0 aliphatic heterocycles. The number of halogens is 1. The molecule has 0 atom stereocenters. The first-order valence-electron chi connectivity index (χ1n) is 5.13. The molecule has 0 fully saturated rings. The predicted octanol–water partition coefficient (Wildman–Crippen LogP) is 3.27. The van der Waals surface area contributed by atoms with Crippen LogP contribution in [0.3, 0.4) is 0 Å². The Balaban J connectivity index is 1.88. The molecule has 1 heterocycles. The van der Waals surface area contributed by atoms with Crippen LogP contribution in [0, 0.1) is 11.8 Å². The highest BCUT2D eigenvalue weighted by atomic mass is 79.9. The maximum absolute atomic E-state index is 5.43. The molecule has 0 radical (unpaired) electrons. The van der Waals surface area contributed by atoms with E-state index < -0.39 is 0 Å². The van der Waals surface area contributed by atoms with Crippen molar-refractivity contribution in [1.82, 2.24) is 4.98 Å². The Morgan fingerprint density at radius 2 is 1.94 bits per heavy atom. The fourth-order valence-electron chi connectivity index (χ4n) is 1.23. The summed E-state index contributed by atoms with van der Waals surface area (Å²) in [7, 11) is 0. The summed E-state index contributed by atoms with van der Waals surface area (Å²) in [5.74, 6) is 6.69. The average molecular weight is 288 g/mol. The summed E-state index contributed by atoms with van der Waals surface area (Å²) in [6.45, 7) is 0.359. The minimum Gasteiger partial charge on any atom is -0.479 e. The number of rotatable bonds is 2. The summed E-state index contributed by atoms with van der Waals surface area (Å²) < 4.78 is 6.22. The monoisotopic (exact) mass is 287 g/mol. The minimum atomic E-state index is 0.359. The van der Waals surface area contributed by atoms with Crippen molar-refractivity contribution in [2.24, 2.45) is 0 Å². The molecule has 3 heteroatoms. The maximum Gasteiger partial charge on any atom is 0.149 e. The fourth-order valence-corrected chi connectivity index (χ4v) is 1.46. The summed E-state index contributed by atoms with van der Waals surface area (Å²) in [6, 6.07) is 13.5. The van der Waals surface area contributed by atoms with Gasteiger partial charge < -0.3 is 4.74 Å². The second-order valence-corrected chi connectivity index (χ2v) is 4.09. The lowest BCUT2D eigenvalue weighted by molar-refractivity contribution is 0.368. The van der Waals surface area contributed by atoms with E-state index in [1.54, 1.807) is 6.20 Å². The van der Waals surface area contributed by atoms with Crippen LogP contribution in [0.5, 0.6) is 5.75 Å². The predicted molar refractivity (Wildman–Crippen MR) is 70.8 cm³/mol. The third-order valence-electron chi connectivity index (χ3n) is 2.02. The van der Waals surface area contributed by atoms with Gasteiger partial charge in [0.25, 0.3) is 0 Å². The van der Waals surface area contributed by atoms with Crippen molar-refractivity contribution in [3.63, 3.8) is 0 Å². The first kappa shape index (κ1) is 11.7. The van der Waals surface area contributed by atoms with Crippen LogP contribution in [0.15, 0.2) is 53.3 Å². The van der Waals surface area contributed by atoms with Gasteiger partial charge in [-0.15, -0.1) is 0 Å². The summed E-state index contributed by atoms with van der Waals surface area (Å²) in [5.41, 5.74) is 0.991. The molecular formula is C14H10BrNO. The molecule has 0 saturated heterocycles. The van der Waals surface area contributed by atoms with Crippen LogP contribution in [-0.2, 0) is 0 Å². The van der Waals surface area contributed by atoms with Gasteiger partial charge in [-0.3, -0.25) is 0 Å². The fraction of sp³-hybridized carbons (Fsp3) is 0.0714. The number of aromatic nitrogens is 1. The van der Waals surface area contributed by atoms with Crippen molar-refractivity contribution in [2.75, 3.05) is 6.61 Å². The quantitative estimate of drug-likeness (QED) is 0.625. The summed E-state index contributed by atoms with van der Waals surface area (Å²) in [5, 5.41) is 0. The van der Waals surface area contributed by atoms with Gasteiger partial charge in [0.15, 0.2) is 0 Å². The van der Waals surface area contributed by atoms with Crippen LogP contribution in [0.2, 0.25) is 0 Å². The lowest BCUT2D eigenvalue weighted by Gasteiger charge is -2.00. The largest absolute Gasteiger partial charge is 0.479 e. The Bertz CT molecular complexity index is 526. The molecule has 0 N–H and O–H groups in total. The number of pyridine rings is 1. The lowest BCUT2D eigenvalue weighted by Crippen LogP contribution is -1.94. The van der Waals surface area contributed by atoms with Crippen molar-refractivity contribution in [3.8, 4) is 17.6 Å². The molecule has 0 aliphatic carbocycles. The zero-order valence-electron chi connectivity index (χ0n) is 9.06. The van der Waals surface area contributed by atoms with Crippen LogP contribution in [0.4, 0.5) is 0 Å². The van der Waals surface area contributed by atoms with Gasteiger partial charge in [-0.2, -0.15) is 0 Å². The van der Waals surface area contributed by atoms with Crippen molar-refractivity contribution in [2.45, 2.75) is 0 Å². The van der Waals surface area contributed by atoms with Crippen LogP contribution >= 0.6 is 15.9 Å². The summed E-state index contributed by atoms with van der Waals surface area (Å²) >= 11 is 3.26. The van der Waals surface area contributed by atoms with E-state index in [9.17, 15) is 0 Å². The van der Waals surface area contributed by atoms with E-state index >= 15 is 0 Å². The van der Waals surface area contributed by atoms with Gasteiger partial charge in [-0.05, 0) is 40.2 Å². The Morgan fingerprint density at radius 3 is 2.65 bits per heavy atom. The molecule has 0 amide bonds. The maximum atomic E-state index is 5.43. The van der Waals surface area contributed by atoms with E-state index in [2.05, 4.69) is 32.8 Å². The van der Waals surface area contributed by atoms with Crippen molar-refractivity contribution in [3.05, 3.63) is 58.8 Å². The van der Waals surface area contributed by atoms with Crippen LogP contribution in [-0.4, -0.2) is 11.6 Å². The topological polar surface area (TPSA) is 22.1 Å². The summed E-state index contributed by atoms with van der Waals surface area (Å²) in [4.78, 5) is 4.06. The number of nitrogens with zero attached hydrogens (tertiary/aromatic N) is 1. The molecule has 0 bridgehead atoms. The molecule has 0 unspecified atom stereocenters. The van der Waals surface area contributed by atoms with E-state index in [-0.39, 0.29) is 0 Å². The van der Waals surface area contributed by atoms with E-state index in [0.29, 0.717) is 6.61 Å².